The maximum Gasteiger partial charge on any atom is 0.341 e. The van der Waals surface area contributed by atoms with Crippen LogP contribution < -0.4 is 10.7 Å². The minimum absolute atomic E-state index is 0.311. The van der Waals surface area contributed by atoms with E-state index in [0.717, 1.165) is 22.4 Å². The van der Waals surface area contributed by atoms with Crippen molar-refractivity contribution in [2.75, 3.05) is 5.32 Å². The van der Waals surface area contributed by atoms with Crippen molar-refractivity contribution in [2.24, 2.45) is 0 Å². The third kappa shape index (κ3) is 2.44. The highest BCUT2D eigenvalue weighted by Crippen LogP contribution is 2.42. The van der Waals surface area contributed by atoms with E-state index in [2.05, 4.69) is 5.32 Å². The fourth-order valence-electron chi connectivity index (χ4n) is 4.01. The van der Waals surface area contributed by atoms with Crippen LogP contribution in [-0.4, -0.2) is 21.8 Å². The van der Waals surface area contributed by atoms with E-state index in [4.69, 9.17) is 0 Å². The second-order valence-corrected chi connectivity index (χ2v) is 7.19. The lowest BCUT2D eigenvalue weighted by molar-refractivity contribution is 0.0694. The smallest absolute Gasteiger partial charge is 0.341 e. The third-order valence-electron chi connectivity index (χ3n) is 5.52. The van der Waals surface area contributed by atoms with E-state index in [1.54, 1.807) is 10.6 Å². The van der Waals surface area contributed by atoms with E-state index >= 15 is 0 Å². The Labute approximate surface area is 154 Å². The molecule has 3 aromatic rings. The largest absolute Gasteiger partial charge is 0.477 e. The van der Waals surface area contributed by atoms with Crippen LogP contribution in [0.1, 0.15) is 39.5 Å². The van der Waals surface area contributed by atoms with E-state index in [1.807, 2.05) is 30.3 Å². The van der Waals surface area contributed by atoms with Crippen LogP contribution in [0.25, 0.3) is 10.9 Å². The number of rotatable bonds is 2. The number of pyridine rings is 1. The summed E-state index contributed by atoms with van der Waals surface area (Å²) in [5.41, 5.74) is 3.95. The Kier molecular flexibility index (Phi) is 3.37. The standard InChI is InChI=1S/C21H17FN2O3/c22-16-8-18(16)24-10-15(21(26)27)20(25)13-6-5-12-9-23-17-4-2-1-3-11(17)7-14(12)19(13)24/h1-6,10,16,18,23H,7-9H2,(H,26,27). The van der Waals surface area contributed by atoms with E-state index in [-0.39, 0.29) is 5.56 Å². The fraction of sp³-hybridized carbons (Fsp3) is 0.238. The molecule has 1 aliphatic heterocycles. The number of hydrogen-bond acceptors (Lipinski definition) is 3. The van der Waals surface area contributed by atoms with E-state index in [1.165, 1.54) is 6.20 Å². The van der Waals surface area contributed by atoms with Gasteiger partial charge in [0.15, 0.2) is 0 Å². The van der Waals surface area contributed by atoms with Gasteiger partial charge in [0.25, 0.3) is 0 Å². The van der Waals surface area contributed by atoms with Crippen molar-refractivity contribution in [1.82, 2.24) is 4.57 Å². The van der Waals surface area contributed by atoms with Crippen molar-refractivity contribution in [2.45, 2.75) is 31.6 Å². The van der Waals surface area contributed by atoms with Crippen molar-refractivity contribution < 1.29 is 14.3 Å². The number of carbonyl (C=O) groups is 1. The highest BCUT2D eigenvalue weighted by molar-refractivity contribution is 5.94. The van der Waals surface area contributed by atoms with Crippen molar-refractivity contribution in [3.05, 3.63) is 75.1 Å². The van der Waals surface area contributed by atoms with Gasteiger partial charge in [-0.15, -0.1) is 0 Å². The molecule has 6 heteroatoms. The topological polar surface area (TPSA) is 71.3 Å². The number of halogens is 1. The zero-order valence-corrected chi connectivity index (χ0v) is 14.4. The first-order valence-electron chi connectivity index (χ1n) is 8.93. The summed E-state index contributed by atoms with van der Waals surface area (Å²) >= 11 is 0. The predicted molar refractivity (Wildman–Crippen MR) is 100 cm³/mol. The minimum Gasteiger partial charge on any atom is -0.477 e. The lowest BCUT2D eigenvalue weighted by Crippen LogP contribution is -2.20. The summed E-state index contributed by atoms with van der Waals surface area (Å²) in [4.78, 5) is 24.3. The molecule has 5 rings (SSSR count). The molecule has 2 heterocycles. The summed E-state index contributed by atoms with van der Waals surface area (Å²) in [6.07, 6.45) is 1.26. The van der Waals surface area contributed by atoms with E-state index < -0.39 is 23.6 Å². The van der Waals surface area contributed by atoms with Gasteiger partial charge in [-0.1, -0.05) is 24.3 Å². The highest BCUT2D eigenvalue weighted by Gasteiger charge is 2.40. The van der Waals surface area contributed by atoms with Crippen LogP contribution in [0.15, 0.2) is 47.4 Å². The number of hydrogen-bond donors (Lipinski definition) is 2. The summed E-state index contributed by atoms with van der Waals surface area (Å²) in [7, 11) is 0. The van der Waals surface area contributed by atoms with Crippen LogP contribution >= 0.6 is 0 Å². The number of carboxylic acid groups (broad SMARTS) is 1. The Hall–Kier alpha value is -3.15. The van der Waals surface area contributed by atoms with Gasteiger partial charge in [-0.05, 0) is 28.8 Å². The lowest BCUT2D eigenvalue weighted by Gasteiger charge is -2.17. The third-order valence-corrected chi connectivity index (χ3v) is 5.52. The van der Waals surface area contributed by atoms with Gasteiger partial charge >= 0.3 is 5.97 Å². The molecular formula is C21H17FN2O3. The lowest BCUT2D eigenvalue weighted by atomic mass is 9.96. The average molecular weight is 364 g/mol. The van der Waals surface area contributed by atoms with Gasteiger partial charge in [0.1, 0.15) is 11.7 Å². The Morgan fingerprint density at radius 3 is 2.70 bits per heavy atom. The van der Waals surface area contributed by atoms with E-state index in [9.17, 15) is 19.1 Å². The number of nitrogens with one attached hydrogen (secondary N) is 1. The zero-order valence-electron chi connectivity index (χ0n) is 14.4. The summed E-state index contributed by atoms with van der Waals surface area (Å²) in [5.74, 6) is -1.28. The monoisotopic (exact) mass is 364 g/mol. The molecule has 0 saturated heterocycles. The second-order valence-electron chi connectivity index (χ2n) is 7.19. The van der Waals surface area contributed by atoms with Crippen LogP contribution in [-0.2, 0) is 13.0 Å². The molecule has 0 amide bonds. The molecule has 1 aromatic heterocycles. The summed E-state index contributed by atoms with van der Waals surface area (Å²) < 4.78 is 15.6. The van der Waals surface area contributed by atoms with Crippen LogP contribution in [0.3, 0.4) is 0 Å². The molecular weight excluding hydrogens is 347 g/mol. The van der Waals surface area contributed by atoms with Crippen LogP contribution in [0, 0.1) is 0 Å². The van der Waals surface area contributed by atoms with Crippen molar-refractivity contribution >= 4 is 22.6 Å². The highest BCUT2D eigenvalue weighted by atomic mass is 19.1. The molecule has 1 fully saturated rings. The molecule has 2 aromatic carbocycles. The molecule has 0 radical (unpaired) electrons. The van der Waals surface area contributed by atoms with Gasteiger partial charge in [0.05, 0.1) is 11.6 Å². The quantitative estimate of drug-likeness (QED) is 0.730. The van der Waals surface area contributed by atoms with Gasteiger partial charge in [0, 0.05) is 36.7 Å². The molecule has 27 heavy (non-hydrogen) atoms. The molecule has 136 valence electrons. The van der Waals surface area contributed by atoms with Gasteiger partial charge in [-0.25, -0.2) is 9.18 Å². The molecule has 1 saturated carbocycles. The van der Waals surface area contributed by atoms with Crippen LogP contribution in [0.5, 0.6) is 0 Å². The number of para-hydroxylation sites is 1. The first kappa shape index (κ1) is 16.1. The number of aromatic nitrogens is 1. The van der Waals surface area contributed by atoms with E-state index in [0.29, 0.717) is 30.3 Å². The molecule has 2 atom stereocenters. The number of anilines is 1. The first-order chi connectivity index (χ1) is 13.0. The van der Waals surface area contributed by atoms with Crippen LogP contribution in [0.2, 0.25) is 0 Å². The van der Waals surface area contributed by atoms with Gasteiger partial charge in [-0.3, -0.25) is 4.79 Å². The van der Waals surface area contributed by atoms with Crippen molar-refractivity contribution in [3.8, 4) is 0 Å². The molecule has 0 bridgehead atoms. The SMILES string of the molecule is O=C(O)c1cn(C2CC2F)c2c3c(ccc2c1=O)CNc1ccccc1C3. The van der Waals surface area contributed by atoms with Gasteiger partial charge in [0.2, 0.25) is 5.43 Å². The number of alkyl halides is 1. The van der Waals surface area contributed by atoms with Gasteiger partial charge < -0.3 is 15.0 Å². The Bertz CT molecular complexity index is 1170. The molecule has 2 aliphatic rings. The normalized spacial score (nSPS) is 20.3. The second kappa shape index (κ2) is 5.67. The fourth-order valence-corrected chi connectivity index (χ4v) is 4.01. The molecule has 5 nitrogen and oxygen atoms in total. The summed E-state index contributed by atoms with van der Waals surface area (Å²) in [5, 5.41) is 13.2. The Morgan fingerprint density at radius 2 is 1.96 bits per heavy atom. The maximum absolute atomic E-state index is 13.9. The number of carboxylic acids is 1. The average Bonchev–Trinajstić information content (AvgIpc) is 3.41. The Morgan fingerprint density at radius 1 is 1.19 bits per heavy atom. The van der Waals surface area contributed by atoms with Gasteiger partial charge in [-0.2, -0.15) is 0 Å². The van der Waals surface area contributed by atoms with Crippen molar-refractivity contribution in [3.63, 3.8) is 0 Å². The number of fused-ring (bicyclic) bond motifs is 4. The number of aromatic carboxylic acids is 1. The maximum atomic E-state index is 13.9. The van der Waals surface area contributed by atoms with Crippen molar-refractivity contribution in [1.29, 1.82) is 0 Å². The molecule has 2 N–H and O–H groups in total. The number of nitrogens with zero attached hydrogens (tertiary/aromatic N) is 1. The van der Waals surface area contributed by atoms with Crippen LogP contribution in [0.4, 0.5) is 10.1 Å². The molecule has 2 unspecified atom stereocenters. The predicted octanol–water partition coefficient (Wildman–Crippen LogP) is 3.50. The first-order valence-corrected chi connectivity index (χ1v) is 8.93. The summed E-state index contributed by atoms with van der Waals surface area (Å²) in [6.45, 7) is 0.598. The minimum atomic E-state index is -1.28. The zero-order chi connectivity index (χ0) is 18.7. The molecule has 0 spiro atoms. The summed E-state index contributed by atoms with van der Waals surface area (Å²) in [6, 6.07) is 11.1. The Balaban J connectivity index is 1.84. The number of benzene rings is 2. The molecule has 1 aliphatic carbocycles.